The van der Waals surface area contributed by atoms with Crippen molar-refractivity contribution in [3.05, 3.63) is 69.6 Å². The number of amides is 2. The number of aromatic nitrogens is 2. The molecule has 2 amide bonds. The van der Waals surface area contributed by atoms with Crippen molar-refractivity contribution in [3.8, 4) is 0 Å². The van der Waals surface area contributed by atoms with Crippen molar-refractivity contribution in [2.24, 2.45) is 0 Å². The van der Waals surface area contributed by atoms with Gasteiger partial charge in [0, 0.05) is 10.3 Å². The smallest absolute Gasteiger partial charge is 0.272 e. The Balaban J connectivity index is 1.35. The molecule has 0 saturated carbocycles. The van der Waals surface area contributed by atoms with E-state index >= 15 is 0 Å². The van der Waals surface area contributed by atoms with Gasteiger partial charge in [-0.05, 0) is 48.6 Å². The molecule has 0 aliphatic heterocycles. The third-order valence-electron chi connectivity index (χ3n) is 4.67. The van der Waals surface area contributed by atoms with Crippen molar-refractivity contribution < 1.29 is 9.59 Å². The summed E-state index contributed by atoms with van der Waals surface area (Å²) in [5, 5.41) is 6.88. The molecule has 1 aromatic heterocycles. The lowest BCUT2D eigenvalue weighted by atomic mass is 10.1. The van der Waals surface area contributed by atoms with Gasteiger partial charge in [-0.25, -0.2) is 5.10 Å². The fourth-order valence-electron chi connectivity index (χ4n) is 3.30. The minimum atomic E-state index is -0.594. The Kier molecular flexibility index (Phi) is 5.12. The number of aromatic amines is 1. The maximum atomic E-state index is 12.4. The highest BCUT2D eigenvalue weighted by Gasteiger charge is 2.15. The third kappa shape index (κ3) is 3.77. The molecule has 8 heteroatoms. The molecule has 0 atom stereocenters. The molecule has 3 N–H and O–H groups in total. The number of H-pyrrole nitrogens is 1. The summed E-state index contributed by atoms with van der Waals surface area (Å²) in [6.45, 7) is 0. The van der Waals surface area contributed by atoms with Crippen molar-refractivity contribution in [1.29, 1.82) is 0 Å². The minimum absolute atomic E-state index is 0.0433. The SMILES string of the molecule is O=C(CSc1ccc2c(c1)CCC2)NNC(=O)c1n[nH]c(=O)c2ccccc12. The van der Waals surface area contributed by atoms with Gasteiger partial charge in [-0.2, -0.15) is 5.10 Å². The van der Waals surface area contributed by atoms with Crippen LogP contribution in [0.25, 0.3) is 10.8 Å². The van der Waals surface area contributed by atoms with Crippen LogP contribution in [0.1, 0.15) is 28.0 Å². The van der Waals surface area contributed by atoms with E-state index in [2.05, 4.69) is 33.2 Å². The molecule has 0 unspecified atom stereocenters. The van der Waals surface area contributed by atoms with E-state index in [1.54, 1.807) is 24.3 Å². The molecule has 0 saturated heterocycles. The lowest BCUT2D eigenvalue weighted by Crippen LogP contribution is -2.43. The van der Waals surface area contributed by atoms with Crippen molar-refractivity contribution in [1.82, 2.24) is 21.0 Å². The first kappa shape index (κ1) is 18.2. The third-order valence-corrected chi connectivity index (χ3v) is 5.66. The number of nitrogens with one attached hydrogen (secondary N) is 3. The van der Waals surface area contributed by atoms with Crippen LogP contribution in [0, 0.1) is 0 Å². The summed E-state index contributed by atoms with van der Waals surface area (Å²) in [4.78, 5) is 37.3. The van der Waals surface area contributed by atoms with Crippen LogP contribution in [0.2, 0.25) is 0 Å². The molecule has 0 radical (unpaired) electrons. The van der Waals surface area contributed by atoms with Crippen LogP contribution in [0.4, 0.5) is 0 Å². The molecule has 0 spiro atoms. The van der Waals surface area contributed by atoms with E-state index in [4.69, 9.17) is 0 Å². The normalized spacial score (nSPS) is 12.6. The number of carbonyl (C=O) groups is 2. The van der Waals surface area contributed by atoms with Gasteiger partial charge in [0.25, 0.3) is 11.5 Å². The van der Waals surface area contributed by atoms with Gasteiger partial charge in [0.15, 0.2) is 5.69 Å². The van der Waals surface area contributed by atoms with Gasteiger partial charge in [-0.3, -0.25) is 25.2 Å². The van der Waals surface area contributed by atoms with Crippen LogP contribution < -0.4 is 16.4 Å². The molecule has 28 heavy (non-hydrogen) atoms. The van der Waals surface area contributed by atoms with Crippen LogP contribution in [-0.4, -0.2) is 27.8 Å². The van der Waals surface area contributed by atoms with Gasteiger partial charge < -0.3 is 0 Å². The van der Waals surface area contributed by atoms with E-state index < -0.39 is 5.91 Å². The van der Waals surface area contributed by atoms with Crippen LogP contribution in [-0.2, 0) is 17.6 Å². The average molecular weight is 394 g/mol. The molecule has 3 aromatic rings. The lowest BCUT2D eigenvalue weighted by molar-refractivity contribution is -0.119. The summed E-state index contributed by atoms with van der Waals surface area (Å²) in [7, 11) is 0. The Morgan fingerprint density at radius 2 is 1.82 bits per heavy atom. The summed E-state index contributed by atoms with van der Waals surface area (Å²) < 4.78 is 0. The maximum Gasteiger partial charge on any atom is 0.290 e. The topological polar surface area (TPSA) is 104 Å². The number of rotatable bonds is 4. The van der Waals surface area contributed by atoms with Gasteiger partial charge in [0.2, 0.25) is 5.91 Å². The number of nitrogens with zero attached hydrogens (tertiary/aromatic N) is 1. The molecule has 4 rings (SSSR count). The second-order valence-electron chi connectivity index (χ2n) is 6.52. The Hall–Kier alpha value is -3.13. The van der Waals surface area contributed by atoms with Crippen molar-refractivity contribution in [3.63, 3.8) is 0 Å². The summed E-state index contributed by atoms with van der Waals surface area (Å²) in [6.07, 6.45) is 3.40. The number of thioether (sulfide) groups is 1. The molecule has 1 heterocycles. The highest BCUT2D eigenvalue weighted by atomic mass is 32.2. The van der Waals surface area contributed by atoms with Crippen LogP contribution in [0.15, 0.2) is 52.2 Å². The fraction of sp³-hybridized carbons (Fsp3) is 0.200. The standard InChI is InChI=1S/C20H18N4O3S/c25-17(11-28-14-9-8-12-4-3-5-13(12)10-14)21-24-20(27)18-15-6-1-2-7-16(15)19(26)23-22-18/h1-2,6-10H,3-5,11H2,(H,21,25)(H,23,26)(H,24,27). The Morgan fingerprint density at radius 3 is 2.68 bits per heavy atom. The van der Waals surface area contributed by atoms with Crippen molar-refractivity contribution >= 4 is 34.3 Å². The predicted molar refractivity (Wildman–Crippen MR) is 107 cm³/mol. The second-order valence-corrected chi connectivity index (χ2v) is 7.57. The largest absolute Gasteiger partial charge is 0.290 e. The molecule has 7 nitrogen and oxygen atoms in total. The molecular formula is C20H18N4O3S. The molecule has 2 aromatic carbocycles. The summed E-state index contributed by atoms with van der Waals surface area (Å²) >= 11 is 1.42. The summed E-state index contributed by atoms with van der Waals surface area (Å²) in [5.74, 6) is -0.741. The first-order valence-corrected chi connectivity index (χ1v) is 9.91. The van der Waals surface area contributed by atoms with Crippen LogP contribution in [0.3, 0.4) is 0 Å². The number of benzene rings is 2. The van der Waals surface area contributed by atoms with Gasteiger partial charge in [0.1, 0.15) is 0 Å². The number of fused-ring (bicyclic) bond motifs is 2. The molecule has 1 aliphatic carbocycles. The maximum absolute atomic E-state index is 12.4. The zero-order valence-electron chi connectivity index (χ0n) is 15.0. The monoisotopic (exact) mass is 394 g/mol. The van der Waals surface area contributed by atoms with E-state index in [9.17, 15) is 14.4 Å². The van der Waals surface area contributed by atoms with Crippen LogP contribution in [0.5, 0.6) is 0 Å². The van der Waals surface area contributed by atoms with E-state index in [1.807, 2.05) is 6.07 Å². The van der Waals surface area contributed by atoms with Gasteiger partial charge in [-0.1, -0.05) is 24.3 Å². The zero-order chi connectivity index (χ0) is 19.5. The number of aryl methyl sites for hydroxylation is 2. The van der Waals surface area contributed by atoms with E-state index in [-0.39, 0.29) is 22.9 Å². The molecule has 0 fully saturated rings. The molecular weight excluding hydrogens is 376 g/mol. The van der Waals surface area contributed by atoms with E-state index in [1.165, 1.54) is 29.3 Å². The second kappa shape index (κ2) is 7.85. The number of hydrazine groups is 1. The first-order chi connectivity index (χ1) is 13.6. The predicted octanol–water partition coefficient (Wildman–Crippen LogP) is 1.97. The number of hydrogen-bond acceptors (Lipinski definition) is 5. The molecule has 142 valence electrons. The molecule has 1 aliphatic rings. The first-order valence-electron chi connectivity index (χ1n) is 8.93. The zero-order valence-corrected chi connectivity index (χ0v) is 15.8. The summed E-state index contributed by atoms with van der Waals surface area (Å²) in [6, 6.07) is 12.9. The van der Waals surface area contributed by atoms with Crippen LogP contribution >= 0.6 is 11.8 Å². The number of hydrogen-bond donors (Lipinski definition) is 3. The Morgan fingerprint density at radius 1 is 1.04 bits per heavy atom. The molecule has 0 bridgehead atoms. The van der Waals surface area contributed by atoms with Crippen molar-refractivity contribution in [2.45, 2.75) is 24.2 Å². The van der Waals surface area contributed by atoms with E-state index in [0.29, 0.717) is 10.8 Å². The summed E-state index contributed by atoms with van der Waals surface area (Å²) in [5.41, 5.74) is 7.16. The Bertz CT molecular complexity index is 1130. The van der Waals surface area contributed by atoms with Gasteiger partial charge in [0.05, 0.1) is 11.1 Å². The quantitative estimate of drug-likeness (QED) is 0.464. The fourth-order valence-corrected chi connectivity index (χ4v) is 4.06. The van der Waals surface area contributed by atoms with E-state index in [0.717, 1.165) is 17.7 Å². The van der Waals surface area contributed by atoms with Crippen molar-refractivity contribution in [2.75, 3.05) is 5.75 Å². The highest BCUT2D eigenvalue weighted by molar-refractivity contribution is 8.00. The average Bonchev–Trinajstić information content (AvgIpc) is 3.19. The minimum Gasteiger partial charge on any atom is -0.272 e. The number of carbonyl (C=O) groups excluding carboxylic acids is 2. The highest BCUT2D eigenvalue weighted by Crippen LogP contribution is 2.27. The van der Waals surface area contributed by atoms with Gasteiger partial charge in [-0.15, -0.1) is 11.8 Å². The lowest BCUT2D eigenvalue weighted by Gasteiger charge is -2.09. The Labute approximate surface area is 164 Å². The van der Waals surface area contributed by atoms with Gasteiger partial charge >= 0.3 is 0 Å².